The van der Waals surface area contributed by atoms with Gasteiger partial charge in [0, 0.05) is 13.0 Å². The lowest BCUT2D eigenvalue weighted by Crippen LogP contribution is -2.45. The van der Waals surface area contributed by atoms with Gasteiger partial charge in [0.1, 0.15) is 0 Å². The second-order valence-electron chi connectivity index (χ2n) is 15.6. The summed E-state index contributed by atoms with van der Waals surface area (Å²) in [4.78, 5) is 22.7. The minimum atomic E-state index is -4.34. The van der Waals surface area contributed by atoms with Crippen molar-refractivity contribution in [2.45, 2.75) is 231 Å². The molecule has 0 aliphatic heterocycles. The number of aliphatic hydroxyl groups excluding tert-OH is 1. The Kier molecular flexibility index (Phi) is 41.3. The van der Waals surface area contributed by atoms with Gasteiger partial charge in [-0.25, -0.2) is 4.57 Å². The molecule has 0 fully saturated rings. The topological polar surface area (TPSA) is 131 Å². The summed E-state index contributed by atoms with van der Waals surface area (Å²) >= 11 is 0. The molecule has 0 spiro atoms. The van der Waals surface area contributed by atoms with Gasteiger partial charge in [0.2, 0.25) is 5.91 Å². The van der Waals surface area contributed by atoms with E-state index in [1.807, 2.05) is 6.08 Å². The minimum absolute atomic E-state index is 0.0777. The van der Waals surface area contributed by atoms with E-state index in [2.05, 4.69) is 43.5 Å². The highest BCUT2D eigenvalue weighted by Gasteiger charge is 2.26. The molecular formula is C46H89N2O6P. The molecule has 1 amide bonds. The number of hydrogen-bond donors (Lipinski definition) is 4. The molecule has 5 N–H and O–H groups in total. The molecule has 0 saturated carbocycles. The Morgan fingerprint density at radius 3 is 1.47 bits per heavy atom. The van der Waals surface area contributed by atoms with E-state index >= 15 is 0 Å². The van der Waals surface area contributed by atoms with Gasteiger partial charge in [-0.2, -0.15) is 0 Å². The van der Waals surface area contributed by atoms with Gasteiger partial charge in [0.05, 0.1) is 25.4 Å². The molecule has 0 saturated heterocycles. The first kappa shape index (κ1) is 53.7. The van der Waals surface area contributed by atoms with Crippen LogP contribution in [0.15, 0.2) is 36.5 Å². The molecule has 55 heavy (non-hydrogen) atoms. The third-order valence-corrected chi connectivity index (χ3v) is 11.2. The van der Waals surface area contributed by atoms with E-state index in [0.717, 1.165) is 44.9 Å². The van der Waals surface area contributed by atoms with Crippen LogP contribution in [-0.4, -0.2) is 47.8 Å². The first-order valence-corrected chi connectivity index (χ1v) is 24.6. The van der Waals surface area contributed by atoms with Gasteiger partial charge >= 0.3 is 7.82 Å². The van der Waals surface area contributed by atoms with Crippen LogP contribution in [0.1, 0.15) is 219 Å². The van der Waals surface area contributed by atoms with E-state index in [-0.39, 0.29) is 25.7 Å². The number of nitrogens with one attached hydrogen (secondary N) is 1. The molecule has 0 aliphatic carbocycles. The summed E-state index contributed by atoms with van der Waals surface area (Å²) in [5.41, 5.74) is 5.38. The molecule has 0 aromatic rings. The predicted octanol–water partition coefficient (Wildman–Crippen LogP) is 13.1. The normalized spacial score (nSPS) is 14.3. The van der Waals surface area contributed by atoms with Crippen LogP contribution < -0.4 is 11.1 Å². The number of carbonyl (C=O) groups excluding carboxylic acids is 1. The van der Waals surface area contributed by atoms with Crippen molar-refractivity contribution >= 4 is 13.7 Å². The van der Waals surface area contributed by atoms with Crippen LogP contribution in [0.2, 0.25) is 0 Å². The van der Waals surface area contributed by atoms with Crippen LogP contribution in [0.25, 0.3) is 0 Å². The maximum absolute atomic E-state index is 12.8. The molecule has 3 atom stereocenters. The van der Waals surface area contributed by atoms with Gasteiger partial charge in [0.25, 0.3) is 0 Å². The van der Waals surface area contributed by atoms with Crippen molar-refractivity contribution in [3.05, 3.63) is 36.5 Å². The quantitative estimate of drug-likeness (QED) is 0.0274. The maximum Gasteiger partial charge on any atom is 0.472 e. The number of aliphatic hydroxyl groups is 1. The molecule has 0 radical (unpaired) electrons. The summed E-state index contributed by atoms with van der Waals surface area (Å²) in [6, 6.07) is -0.862. The fourth-order valence-electron chi connectivity index (χ4n) is 6.69. The molecule has 0 heterocycles. The van der Waals surface area contributed by atoms with E-state index < -0.39 is 20.0 Å². The molecule has 0 aliphatic rings. The zero-order valence-electron chi connectivity index (χ0n) is 35.9. The highest BCUT2D eigenvalue weighted by atomic mass is 31.2. The number of allylic oxidation sites excluding steroid dienone is 5. The summed E-state index contributed by atoms with van der Waals surface area (Å²) in [6.07, 6.45) is 50.4. The van der Waals surface area contributed by atoms with Gasteiger partial charge in [-0.15, -0.1) is 0 Å². The lowest BCUT2D eigenvalue weighted by atomic mass is 10.0. The molecule has 3 unspecified atom stereocenters. The standard InChI is InChI=1S/C46H89N2O6P/c1-3-5-7-9-11-13-15-17-19-21-22-24-26-28-30-32-34-36-38-40-46(50)48-44(43-54-55(51,52)53-42-41-47)45(49)39-37-35-33-31-29-27-25-23-20-18-16-14-12-10-8-6-4-2/h11,13,17,19,37,39,44-45,49H,3-10,12,14-16,18,20-36,38,40-43,47H2,1-2H3,(H,48,50)(H,51,52)/b13-11-,19-17-,39-37+. The summed E-state index contributed by atoms with van der Waals surface area (Å²) in [5, 5.41) is 13.7. The molecule has 0 aromatic heterocycles. The van der Waals surface area contributed by atoms with Crippen molar-refractivity contribution in [1.29, 1.82) is 0 Å². The van der Waals surface area contributed by atoms with Crippen molar-refractivity contribution < 1.29 is 28.4 Å². The fourth-order valence-corrected chi connectivity index (χ4v) is 7.45. The van der Waals surface area contributed by atoms with Gasteiger partial charge in [-0.1, -0.05) is 198 Å². The summed E-state index contributed by atoms with van der Waals surface area (Å²) in [7, 11) is -4.34. The molecule has 8 nitrogen and oxygen atoms in total. The lowest BCUT2D eigenvalue weighted by molar-refractivity contribution is -0.123. The summed E-state index contributed by atoms with van der Waals surface area (Å²) in [6.45, 7) is 4.12. The Balaban J connectivity index is 4.18. The van der Waals surface area contributed by atoms with E-state index in [4.69, 9.17) is 14.8 Å². The first-order chi connectivity index (χ1) is 26.9. The van der Waals surface area contributed by atoms with E-state index in [1.54, 1.807) is 6.08 Å². The Labute approximate surface area is 340 Å². The smallest absolute Gasteiger partial charge is 0.387 e. The second-order valence-corrected chi connectivity index (χ2v) is 17.1. The Morgan fingerprint density at radius 2 is 1.00 bits per heavy atom. The Bertz CT molecular complexity index is 959. The van der Waals surface area contributed by atoms with Crippen LogP contribution in [0.3, 0.4) is 0 Å². The number of nitrogens with two attached hydrogens (primary N) is 1. The zero-order valence-corrected chi connectivity index (χ0v) is 36.8. The van der Waals surface area contributed by atoms with Gasteiger partial charge in [-0.05, 0) is 51.4 Å². The third kappa shape index (κ3) is 40.7. The van der Waals surface area contributed by atoms with Crippen molar-refractivity contribution in [1.82, 2.24) is 5.32 Å². The number of phosphoric acid groups is 1. The second kappa shape index (κ2) is 42.3. The zero-order chi connectivity index (χ0) is 40.3. The molecule has 324 valence electrons. The van der Waals surface area contributed by atoms with Crippen molar-refractivity contribution in [3.63, 3.8) is 0 Å². The number of amides is 1. The number of rotatable bonds is 43. The molecule has 0 aromatic carbocycles. The number of carbonyl (C=O) groups is 1. The monoisotopic (exact) mass is 797 g/mol. The number of phosphoric ester groups is 1. The Hall–Kier alpha value is -1.28. The van der Waals surface area contributed by atoms with Crippen LogP contribution in [-0.2, 0) is 18.4 Å². The van der Waals surface area contributed by atoms with Gasteiger partial charge in [0.15, 0.2) is 0 Å². The van der Waals surface area contributed by atoms with Gasteiger partial charge < -0.3 is 21.1 Å². The van der Waals surface area contributed by atoms with Crippen molar-refractivity contribution in [2.75, 3.05) is 19.8 Å². The van der Waals surface area contributed by atoms with Crippen LogP contribution >= 0.6 is 7.82 Å². The maximum atomic E-state index is 12.8. The number of unbranched alkanes of at least 4 members (excludes halogenated alkanes) is 27. The molecule has 0 bridgehead atoms. The third-order valence-electron chi connectivity index (χ3n) is 10.2. The van der Waals surface area contributed by atoms with Crippen molar-refractivity contribution in [2.24, 2.45) is 5.73 Å². The molecule has 9 heteroatoms. The van der Waals surface area contributed by atoms with Crippen molar-refractivity contribution in [3.8, 4) is 0 Å². The average Bonchev–Trinajstić information content (AvgIpc) is 3.17. The first-order valence-electron chi connectivity index (χ1n) is 23.1. The van der Waals surface area contributed by atoms with E-state index in [1.165, 1.54) is 154 Å². The molecule has 0 rings (SSSR count). The molecular weight excluding hydrogens is 707 g/mol. The average molecular weight is 797 g/mol. The van der Waals surface area contributed by atoms with Crippen LogP contribution in [0.4, 0.5) is 0 Å². The van der Waals surface area contributed by atoms with Gasteiger partial charge in [-0.3, -0.25) is 13.8 Å². The fraction of sp³-hybridized carbons (Fsp3) is 0.848. The Morgan fingerprint density at radius 1 is 0.600 bits per heavy atom. The largest absolute Gasteiger partial charge is 0.472 e. The minimum Gasteiger partial charge on any atom is -0.387 e. The summed E-state index contributed by atoms with van der Waals surface area (Å²) < 4.78 is 22.2. The van der Waals surface area contributed by atoms with E-state index in [0.29, 0.717) is 6.42 Å². The predicted molar refractivity (Wildman–Crippen MR) is 235 cm³/mol. The van der Waals surface area contributed by atoms with Crippen LogP contribution in [0, 0.1) is 0 Å². The highest BCUT2D eigenvalue weighted by Crippen LogP contribution is 2.43. The van der Waals surface area contributed by atoms with Crippen LogP contribution in [0.5, 0.6) is 0 Å². The van der Waals surface area contributed by atoms with E-state index in [9.17, 15) is 19.4 Å². The lowest BCUT2D eigenvalue weighted by Gasteiger charge is -2.23. The summed E-state index contributed by atoms with van der Waals surface area (Å²) in [5.74, 6) is -0.198. The number of hydrogen-bond acceptors (Lipinski definition) is 6. The highest BCUT2D eigenvalue weighted by molar-refractivity contribution is 7.47. The SMILES string of the molecule is CCCCC/C=C\C/C=C\CCCCCCCCCCCC(=O)NC(COP(=O)(O)OCCN)C(O)/C=C/CCCCCCCCCCCCCCCCC.